The first-order chi connectivity index (χ1) is 15.6. The average molecular weight is 472 g/mol. The summed E-state index contributed by atoms with van der Waals surface area (Å²) in [5.74, 6) is 0. The first kappa shape index (κ1) is 25.4. The van der Waals surface area contributed by atoms with Gasteiger partial charge in [0.15, 0.2) is 0 Å². The van der Waals surface area contributed by atoms with Crippen LogP contribution >= 0.6 is 11.6 Å². The molecule has 0 unspecified atom stereocenters. The Morgan fingerprint density at radius 3 is 2.33 bits per heavy atom. The van der Waals surface area contributed by atoms with Crippen molar-refractivity contribution in [1.29, 1.82) is 0 Å². The highest BCUT2D eigenvalue weighted by Crippen LogP contribution is 2.28. The molecule has 1 saturated heterocycles. The highest BCUT2D eigenvalue weighted by molar-refractivity contribution is 6.30. The fraction of sp³-hybridized carbons (Fsp3) is 0.519. The number of allylic oxidation sites excluding steroid dienone is 1. The maximum atomic E-state index is 12.5. The molecule has 0 saturated carbocycles. The molecule has 2 aliphatic rings. The number of carbonyl (C=O) groups excluding carboxylic acids is 1. The van der Waals surface area contributed by atoms with Gasteiger partial charge in [-0.2, -0.15) is 0 Å². The number of likely N-dealkylation sites (tertiary alicyclic amines) is 1. The Hall–Kier alpha value is -2.24. The largest absolute Gasteiger partial charge is 0.444 e. The van der Waals surface area contributed by atoms with Crippen LogP contribution in [0.2, 0.25) is 5.02 Å². The maximum Gasteiger partial charge on any atom is 0.410 e. The van der Waals surface area contributed by atoms with Crippen LogP contribution in [0.15, 0.2) is 60.8 Å². The minimum atomic E-state index is -0.474. The Kier molecular flexibility index (Phi) is 8.30. The van der Waals surface area contributed by atoms with Crippen LogP contribution in [-0.2, 0) is 11.2 Å². The van der Waals surface area contributed by atoms with E-state index in [2.05, 4.69) is 42.1 Å². The fourth-order valence-corrected chi connectivity index (χ4v) is 4.96. The van der Waals surface area contributed by atoms with Crippen LogP contribution in [0.5, 0.6) is 0 Å². The number of piperidine rings is 1. The SMILES string of the molecule is C=CC1=C(C=C)N(C)C[C@H](Cc2ccc(Cl)cc2)N(C2CCN(C(=O)OC(C)(C)C)CC2)C1. The summed E-state index contributed by atoms with van der Waals surface area (Å²) in [4.78, 5) is 19.3. The molecule has 0 N–H and O–H groups in total. The summed E-state index contributed by atoms with van der Waals surface area (Å²) in [6.45, 7) is 17.0. The molecular weight excluding hydrogens is 434 g/mol. The van der Waals surface area contributed by atoms with Gasteiger partial charge in [0.05, 0.1) is 0 Å². The molecule has 2 heterocycles. The first-order valence-electron chi connectivity index (χ1n) is 11.8. The molecule has 0 aliphatic carbocycles. The summed E-state index contributed by atoms with van der Waals surface area (Å²) in [6.07, 6.45) is 6.46. The summed E-state index contributed by atoms with van der Waals surface area (Å²) >= 11 is 6.12. The van der Waals surface area contributed by atoms with Crippen molar-refractivity contribution in [3.8, 4) is 0 Å². The quantitative estimate of drug-likeness (QED) is 0.566. The standard InChI is InChI=1S/C27H38ClN3O2/c1-7-21-18-31(23-13-15-30(16-14-23)26(32)33-27(3,4)5)24(19-29(6)25(21)8-2)17-20-9-11-22(28)12-10-20/h7-12,23-24H,1-2,13-19H2,3-6H3/t24-/m0/s1. The normalized spacial score (nSPS) is 21.1. The van der Waals surface area contributed by atoms with Gasteiger partial charge in [-0.3, -0.25) is 4.90 Å². The van der Waals surface area contributed by atoms with E-state index in [4.69, 9.17) is 16.3 Å². The van der Waals surface area contributed by atoms with Crippen molar-refractivity contribution in [2.24, 2.45) is 0 Å². The van der Waals surface area contributed by atoms with Gasteiger partial charge in [-0.25, -0.2) is 4.79 Å². The molecule has 0 bridgehead atoms. The van der Waals surface area contributed by atoms with Gasteiger partial charge in [-0.05, 0) is 69.4 Å². The molecule has 6 heteroatoms. The monoisotopic (exact) mass is 471 g/mol. The van der Waals surface area contributed by atoms with Crippen molar-refractivity contribution in [2.75, 3.05) is 33.2 Å². The Labute approximate surface area is 204 Å². The molecule has 1 atom stereocenters. The lowest BCUT2D eigenvalue weighted by molar-refractivity contribution is 0.0114. The molecular formula is C27H38ClN3O2. The summed E-state index contributed by atoms with van der Waals surface area (Å²) < 4.78 is 5.59. The Bertz CT molecular complexity index is 880. The van der Waals surface area contributed by atoms with Crippen molar-refractivity contribution in [3.63, 3.8) is 0 Å². The molecule has 1 fully saturated rings. The average Bonchev–Trinajstić information content (AvgIpc) is 2.89. The zero-order valence-corrected chi connectivity index (χ0v) is 21.3. The zero-order valence-electron chi connectivity index (χ0n) is 20.5. The number of ether oxygens (including phenoxy) is 1. The van der Waals surface area contributed by atoms with Gasteiger partial charge >= 0.3 is 6.09 Å². The molecule has 33 heavy (non-hydrogen) atoms. The highest BCUT2D eigenvalue weighted by atomic mass is 35.5. The van der Waals surface area contributed by atoms with Crippen LogP contribution in [0.4, 0.5) is 4.79 Å². The maximum absolute atomic E-state index is 12.5. The van der Waals surface area contributed by atoms with E-state index in [1.54, 1.807) is 0 Å². The highest BCUT2D eigenvalue weighted by Gasteiger charge is 2.35. The Morgan fingerprint density at radius 2 is 1.79 bits per heavy atom. The number of carbonyl (C=O) groups is 1. The molecule has 3 rings (SSSR count). The van der Waals surface area contributed by atoms with E-state index in [1.165, 1.54) is 11.1 Å². The van der Waals surface area contributed by atoms with E-state index in [1.807, 2.05) is 50.0 Å². The number of hydrogen-bond donors (Lipinski definition) is 0. The van der Waals surface area contributed by atoms with Crippen LogP contribution in [0, 0.1) is 0 Å². The predicted molar refractivity (Wildman–Crippen MR) is 137 cm³/mol. The van der Waals surface area contributed by atoms with E-state index in [0.29, 0.717) is 25.2 Å². The van der Waals surface area contributed by atoms with Crippen molar-refractivity contribution in [1.82, 2.24) is 14.7 Å². The van der Waals surface area contributed by atoms with Crippen LogP contribution in [-0.4, -0.2) is 71.7 Å². The number of likely N-dealkylation sites (N-methyl/N-ethyl adjacent to an activating group) is 1. The molecule has 5 nitrogen and oxygen atoms in total. The van der Waals surface area contributed by atoms with Gasteiger partial charge < -0.3 is 14.5 Å². The van der Waals surface area contributed by atoms with Gasteiger partial charge in [-0.1, -0.05) is 43.0 Å². The Morgan fingerprint density at radius 1 is 1.15 bits per heavy atom. The topological polar surface area (TPSA) is 36.0 Å². The number of hydrogen-bond acceptors (Lipinski definition) is 4. The zero-order chi connectivity index (χ0) is 24.2. The number of benzene rings is 1. The lowest BCUT2D eigenvalue weighted by Crippen LogP contribution is -2.53. The molecule has 1 amide bonds. The Balaban J connectivity index is 1.79. The predicted octanol–water partition coefficient (Wildman–Crippen LogP) is 5.52. The summed E-state index contributed by atoms with van der Waals surface area (Å²) in [6, 6.07) is 8.86. The van der Waals surface area contributed by atoms with Gasteiger partial charge in [0.2, 0.25) is 0 Å². The summed E-state index contributed by atoms with van der Waals surface area (Å²) in [5, 5.41) is 0.757. The van der Waals surface area contributed by atoms with Crippen molar-refractivity contribution in [2.45, 2.75) is 57.7 Å². The third-order valence-corrected chi connectivity index (χ3v) is 6.71. The van der Waals surface area contributed by atoms with Gasteiger partial charge in [-0.15, -0.1) is 0 Å². The number of halogens is 1. The number of amides is 1. The van der Waals surface area contributed by atoms with Crippen LogP contribution in [0.1, 0.15) is 39.2 Å². The smallest absolute Gasteiger partial charge is 0.410 e. The second kappa shape index (κ2) is 10.8. The van der Waals surface area contributed by atoms with E-state index >= 15 is 0 Å². The van der Waals surface area contributed by atoms with Gasteiger partial charge in [0.25, 0.3) is 0 Å². The van der Waals surface area contributed by atoms with Crippen molar-refractivity contribution < 1.29 is 9.53 Å². The molecule has 1 aromatic rings. The molecule has 0 spiro atoms. The number of rotatable bonds is 5. The van der Waals surface area contributed by atoms with Gasteiger partial charge in [0.1, 0.15) is 5.60 Å². The fourth-order valence-electron chi connectivity index (χ4n) is 4.84. The lowest BCUT2D eigenvalue weighted by atomic mass is 9.97. The minimum Gasteiger partial charge on any atom is -0.444 e. The molecule has 0 aromatic heterocycles. The molecule has 180 valence electrons. The van der Waals surface area contributed by atoms with Crippen LogP contribution in [0.3, 0.4) is 0 Å². The third kappa shape index (κ3) is 6.64. The van der Waals surface area contributed by atoms with E-state index in [-0.39, 0.29) is 6.09 Å². The minimum absolute atomic E-state index is 0.213. The lowest BCUT2D eigenvalue weighted by Gasteiger charge is -2.42. The molecule has 1 aromatic carbocycles. The second-order valence-corrected chi connectivity index (χ2v) is 10.5. The second-order valence-electron chi connectivity index (χ2n) is 10.1. The first-order valence-corrected chi connectivity index (χ1v) is 12.2. The summed E-state index contributed by atoms with van der Waals surface area (Å²) in [7, 11) is 2.13. The van der Waals surface area contributed by atoms with E-state index < -0.39 is 5.60 Å². The summed E-state index contributed by atoms with van der Waals surface area (Å²) in [5.41, 5.74) is 3.13. The van der Waals surface area contributed by atoms with Crippen LogP contribution in [0.25, 0.3) is 0 Å². The van der Waals surface area contributed by atoms with Crippen molar-refractivity contribution in [3.05, 3.63) is 71.4 Å². The third-order valence-electron chi connectivity index (χ3n) is 6.46. The van der Waals surface area contributed by atoms with E-state index in [9.17, 15) is 4.79 Å². The molecule has 2 aliphatic heterocycles. The molecule has 0 radical (unpaired) electrons. The van der Waals surface area contributed by atoms with Crippen LogP contribution < -0.4 is 0 Å². The number of nitrogens with zero attached hydrogens (tertiary/aromatic N) is 3. The van der Waals surface area contributed by atoms with Gasteiger partial charge in [0, 0.05) is 56.0 Å². The van der Waals surface area contributed by atoms with Crippen molar-refractivity contribution >= 4 is 17.7 Å². The van der Waals surface area contributed by atoms with E-state index in [0.717, 1.165) is 43.1 Å².